The lowest BCUT2D eigenvalue weighted by atomic mass is 10.0. The first-order valence-electron chi connectivity index (χ1n) is 10.8. The number of carbonyl (C=O) groups excluding carboxylic acids is 3. The highest BCUT2D eigenvalue weighted by molar-refractivity contribution is 7.17. The van der Waals surface area contributed by atoms with Crippen molar-refractivity contribution in [2.75, 3.05) is 36.5 Å². The first-order valence-corrected chi connectivity index (χ1v) is 11.6. The molecule has 33 heavy (non-hydrogen) atoms. The predicted octanol–water partition coefficient (Wildman–Crippen LogP) is 3.86. The number of nitrogens with zero attached hydrogens (tertiary/aromatic N) is 2. The van der Waals surface area contributed by atoms with E-state index in [9.17, 15) is 18.8 Å². The topological polar surface area (TPSA) is 78.9 Å². The predicted molar refractivity (Wildman–Crippen MR) is 128 cm³/mol. The fourth-order valence-corrected chi connectivity index (χ4v) is 5.48. The highest BCUT2D eigenvalue weighted by atomic mass is 35.5. The summed E-state index contributed by atoms with van der Waals surface area (Å²) in [4.78, 5) is 43.1. The van der Waals surface area contributed by atoms with Gasteiger partial charge in [-0.3, -0.25) is 14.5 Å². The Balaban J connectivity index is 0.00000306. The molecule has 2 aliphatic rings. The van der Waals surface area contributed by atoms with Crippen molar-refractivity contribution in [3.8, 4) is 0 Å². The van der Waals surface area contributed by atoms with Crippen LogP contribution in [-0.4, -0.2) is 48.9 Å². The standard InChI is InChI=1S/C23H26FN3O4S.ClH/c1-3-26-10-9-17-18(13-26)32-22(20(17)23(30)31-4-2)25-21(29)14-11-19(28)27(12-14)16-7-5-15(24)6-8-16;/h5-8,14H,3-4,9-13H2,1-2H3,(H,25,29);1H. The summed E-state index contributed by atoms with van der Waals surface area (Å²) in [7, 11) is 0. The molecule has 1 atom stereocenters. The maximum absolute atomic E-state index is 13.2. The average molecular weight is 496 g/mol. The number of thiophene rings is 1. The van der Waals surface area contributed by atoms with E-state index in [4.69, 9.17) is 4.74 Å². The molecule has 10 heteroatoms. The fraction of sp³-hybridized carbons (Fsp3) is 0.435. The number of amides is 2. The quantitative estimate of drug-likeness (QED) is 0.616. The zero-order valence-electron chi connectivity index (χ0n) is 18.6. The van der Waals surface area contributed by atoms with Crippen molar-refractivity contribution in [1.82, 2.24) is 4.90 Å². The van der Waals surface area contributed by atoms with E-state index in [1.165, 1.54) is 40.5 Å². The molecule has 2 aliphatic heterocycles. The smallest absolute Gasteiger partial charge is 0.341 e. The molecular formula is C23H27ClFN3O4S. The van der Waals surface area contributed by atoms with Crippen molar-refractivity contribution in [2.24, 2.45) is 5.92 Å². The molecule has 0 bridgehead atoms. The Morgan fingerprint density at radius 1 is 1.24 bits per heavy atom. The van der Waals surface area contributed by atoms with Gasteiger partial charge >= 0.3 is 5.97 Å². The van der Waals surface area contributed by atoms with Crippen molar-refractivity contribution >= 4 is 52.2 Å². The molecule has 178 valence electrons. The number of ether oxygens (including phenoxy) is 1. The zero-order valence-corrected chi connectivity index (χ0v) is 20.2. The van der Waals surface area contributed by atoms with E-state index in [0.717, 1.165) is 36.5 Å². The average Bonchev–Trinajstić information content (AvgIpc) is 3.34. The highest BCUT2D eigenvalue weighted by Gasteiger charge is 2.37. The SMILES string of the molecule is CCOC(=O)c1c(NC(=O)C2CC(=O)N(c3ccc(F)cc3)C2)sc2c1CCN(CC)C2.Cl. The van der Waals surface area contributed by atoms with Crippen molar-refractivity contribution in [3.05, 3.63) is 46.1 Å². The van der Waals surface area contributed by atoms with Crippen LogP contribution in [-0.2, 0) is 27.3 Å². The van der Waals surface area contributed by atoms with Gasteiger partial charge in [0, 0.05) is 36.6 Å². The summed E-state index contributed by atoms with van der Waals surface area (Å²) in [5.41, 5.74) is 1.95. The van der Waals surface area contributed by atoms with E-state index in [1.807, 2.05) is 0 Å². The molecule has 7 nitrogen and oxygen atoms in total. The Morgan fingerprint density at radius 3 is 2.64 bits per heavy atom. The lowest BCUT2D eigenvalue weighted by Gasteiger charge is -2.25. The molecule has 4 rings (SSSR count). The second-order valence-electron chi connectivity index (χ2n) is 7.92. The van der Waals surface area contributed by atoms with Crippen molar-refractivity contribution in [1.29, 1.82) is 0 Å². The Bertz CT molecular complexity index is 1040. The second-order valence-corrected chi connectivity index (χ2v) is 9.02. The van der Waals surface area contributed by atoms with Crippen molar-refractivity contribution in [2.45, 2.75) is 33.2 Å². The van der Waals surface area contributed by atoms with Gasteiger partial charge in [0.05, 0.1) is 18.1 Å². The number of benzene rings is 1. The van der Waals surface area contributed by atoms with Crippen molar-refractivity contribution in [3.63, 3.8) is 0 Å². The van der Waals surface area contributed by atoms with Crippen LogP contribution in [0.4, 0.5) is 15.1 Å². The van der Waals surface area contributed by atoms with Crippen LogP contribution in [0.1, 0.15) is 41.1 Å². The van der Waals surface area contributed by atoms with Crippen LogP contribution in [0.3, 0.4) is 0 Å². The van der Waals surface area contributed by atoms with Gasteiger partial charge in [0.15, 0.2) is 0 Å². The summed E-state index contributed by atoms with van der Waals surface area (Å²) in [6, 6.07) is 5.63. The van der Waals surface area contributed by atoms with E-state index in [2.05, 4.69) is 17.1 Å². The summed E-state index contributed by atoms with van der Waals surface area (Å²) in [6.45, 7) is 6.81. The van der Waals surface area contributed by atoms with Gasteiger partial charge in [-0.1, -0.05) is 6.92 Å². The molecule has 1 aromatic heterocycles. The minimum atomic E-state index is -0.561. The number of halogens is 2. The number of anilines is 2. The monoisotopic (exact) mass is 495 g/mol. The van der Waals surface area contributed by atoms with E-state index < -0.39 is 11.9 Å². The molecule has 0 aliphatic carbocycles. The van der Waals surface area contributed by atoms with E-state index in [1.54, 1.807) is 6.92 Å². The zero-order chi connectivity index (χ0) is 22.8. The Hall–Kier alpha value is -2.49. The third-order valence-corrected chi connectivity index (χ3v) is 7.07. The summed E-state index contributed by atoms with van der Waals surface area (Å²) in [6.07, 6.45) is 0.788. The van der Waals surface area contributed by atoms with Gasteiger partial charge in [0.1, 0.15) is 10.8 Å². The fourth-order valence-electron chi connectivity index (χ4n) is 4.20. The van der Waals surface area contributed by atoms with Crippen LogP contribution in [0.25, 0.3) is 0 Å². The largest absolute Gasteiger partial charge is 0.462 e. The number of nitrogens with one attached hydrogen (secondary N) is 1. The van der Waals surface area contributed by atoms with Gasteiger partial charge in [-0.2, -0.15) is 0 Å². The van der Waals surface area contributed by atoms with Gasteiger partial charge in [0.2, 0.25) is 11.8 Å². The number of rotatable bonds is 6. The van der Waals surface area contributed by atoms with E-state index in [-0.39, 0.29) is 49.6 Å². The second kappa shape index (κ2) is 10.6. The highest BCUT2D eigenvalue weighted by Crippen LogP contribution is 2.38. The third-order valence-electron chi connectivity index (χ3n) is 5.93. The number of likely N-dealkylation sites (N-methyl/N-ethyl adjacent to an activating group) is 1. The van der Waals surface area contributed by atoms with Gasteiger partial charge in [-0.15, -0.1) is 23.7 Å². The molecule has 1 aromatic carbocycles. The Labute approximate surface area is 202 Å². The first kappa shape index (κ1) is 25.1. The number of fused-ring (bicyclic) bond motifs is 1. The molecule has 0 spiro atoms. The Kier molecular flexibility index (Phi) is 8.10. The number of carbonyl (C=O) groups is 3. The van der Waals surface area contributed by atoms with Crippen LogP contribution >= 0.6 is 23.7 Å². The summed E-state index contributed by atoms with van der Waals surface area (Å²) >= 11 is 1.41. The maximum atomic E-state index is 13.2. The summed E-state index contributed by atoms with van der Waals surface area (Å²) in [5.74, 6) is -1.87. The number of esters is 1. The van der Waals surface area contributed by atoms with Gasteiger partial charge in [-0.25, -0.2) is 9.18 Å². The number of hydrogen-bond donors (Lipinski definition) is 1. The first-order chi connectivity index (χ1) is 15.4. The minimum Gasteiger partial charge on any atom is -0.462 e. The number of hydrogen-bond acceptors (Lipinski definition) is 6. The van der Waals surface area contributed by atoms with Crippen LogP contribution in [0.2, 0.25) is 0 Å². The van der Waals surface area contributed by atoms with Crippen LogP contribution in [0.5, 0.6) is 0 Å². The molecule has 1 N–H and O–H groups in total. The third kappa shape index (κ3) is 5.20. The Morgan fingerprint density at radius 2 is 1.97 bits per heavy atom. The molecule has 2 amide bonds. The summed E-state index contributed by atoms with van der Waals surface area (Å²) < 4.78 is 18.5. The maximum Gasteiger partial charge on any atom is 0.341 e. The van der Waals surface area contributed by atoms with Crippen molar-refractivity contribution < 1.29 is 23.5 Å². The molecule has 3 heterocycles. The minimum absolute atomic E-state index is 0. The molecule has 2 aromatic rings. The normalized spacial score (nSPS) is 18.0. The molecule has 0 saturated carbocycles. The lowest BCUT2D eigenvalue weighted by Crippen LogP contribution is -2.30. The molecular weight excluding hydrogens is 469 g/mol. The van der Waals surface area contributed by atoms with Gasteiger partial charge < -0.3 is 15.0 Å². The van der Waals surface area contributed by atoms with Crippen LogP contribution in [0.15, 0.2) is 24.3 Å². The van der Waals surface area contributed by atoms with Crippen LogP contribution < -0.4 is 10.2 Å². The van der Waals surface area contributed by atoms with E-state index in [0.29, 0.717) is 16.3 Å². The molecule has 0 radical (unpaired) electrons. The molecule has 1 unspecified atom stereocenters. The van der Waals surface area contributed by atoms with Gasteiger partial charge in [0.25, 0.3) is 0 Å². The van der Waals surface area contributed by atoms with E-state index >= 15 is 0 Å². The van der Waals surface area contributed by atoms with Crippen LogP contribution in [0, 0.1) is 11.7 Å². The summed E-state index contributed by atoms with van der Waals surface area (Å²) in [5, 5.41) is 3.39. The molecule has 1 saturated heterocycles. The van der Waals surface area contributed by atoms with Gasteiger partial charge in [-0.05, 0) is 49.7 Å². The lowest BCUT2D eigenvalue weighted by molar-refractivity contribution is -0.122. The molecule has 1 fully saturated rings.